The minimum atomic E-state index is 0.0862. The number of methoxy groups -OCH3 is 1. The van der Waals surface area contributed by atoms with Gasteiger partial charge in [0.05, 0.1) is 12.6 Å². The predicted molar refractivity (Wildman–Crippen MR) is 83.8 cm³/mol. The van der Waals surface area contributed by atoms with E-state index in [0.717, 1.165) is 5.69 Å². The van der Waals surface area contributed by atoms with E-state index in [-0.39, 0.29) is 6.04 Å². The zero-order valence-corrected chi connectivity index (χ0v) is 12.1. The Hall–Kier alpha value is -1.84. The summed E-state index contributed by atoms with van der Waals surface area (Å²) in [5, 5.41) is 3.50. The van der Waals surface area contributed by atoms with Crippen LogP contribution in [0.4, 0.5) is 5.69 Å². The van der Waals surface area contributed by atoms with E-state index in [2.05, 4.69) is 42.6 Å². The van der Waals surface area contributed by atoms with E-state index in [1.807, 2.05) is 18.2 Å². The van der Waals surface area contributed by atoms with Crippen molar-refractivity contribution in [2.75, 3.05) is 19.0 Å². The van der Waals surface area contributed by atoms with Crippen molar-refractivity contribution >= 4 is 5.69 Å². The van der Waals surface area contributed by atoms with Gasteiger partial charge in [-0.1, -0.05) is 36.4 Å². The maximum Gasteiger partial charge on any atom is 0.0716 e. The van der Waals surface area contributed by atoms with Crippen LogP contribution in [0.1, 0.15) is 22.7 Å². The molecule has 0 amide bonds. The molecule has 0 saturated heterocycles. The lowest BCUT2D eigenvalue weighted by Gasteiger charge is -2.21. The number of ether oxygens (including phenoxy) is 1. The van der Waals surface area contributed by atoms with Crippen LogP contribution in [0.25, 0.3) is 0 Å². The zero-order valence-electron chi connectivity index (χ0n) is 12.1. The van der Waals surface area contributed by atoms with Crippen molar-refractivity contribution in [3.05, 3.63) is 65.2 Å². The topological polar surface area (TPSA) is 47.3 Å². The van der Waals surface area contributed by atoms with Crippen molar-refractivity contribution in [1.29, 1.82) is 0 Å². The highest BCUT2D eigenvalue weighted by Gasteiger charge is 2.13. The molecule has 0 heterocycles. The molecule has 0 spiro atoms. The molecule has 0 fully saturated rings. The van der Waals surface area contributed by atoms with E-state index in [0.29, 0.717) is 13.2 Å². The van der Waals surface area contributed by atoms with Crippen LogP contribution in [-0.4, -0.2) is 13.7 Å². The summed E-state index contributed by atoms with van der Waals surface area (Å²) in [6, 6.07) is 16.7. The first-order valence-corrected chi connectivity index (χ1v) is 6.84. The smallest absolute Gasteiger partial charge is 0.0716 e. The van der Waals surface area contributed by atoms with E-state index in [4.69, 9.17) is 10.5 Å². The summed E-state index contributed by atoms with van der Waals surface area (Å²) in [5.74, 6) is 0. The molecule has 3 N–H and O–H groups in total. The fraction of sp³-hybridized carbons (Fsp3) is 0.294. The SMILES string of the molecule is COCc1ccccc1C(CN)Nc1cccc(C)c1. The lowest BCUT2D eigenvalue weighted by atomic mass is 10.00. The minimum absolute atomic E-state index is 0.0862. The molecule has 3 heteroatoms. The molecule has 1 atom stereocenters. The molecular formula is C17H22N2O. The van der Waals surface area contributed by atoms with Gasteiger partial charge < -0.3 is 15.8 Å². The minimum Gasteiger partial charge on any atom is -0.380 e. The van der Waals surface area contributed by atoms with Crippen LogP contribution in [0, 0.1) is 6.92 Å². The third-order valence-electron chi connectivity index (χ3n) is 3.33. The first-order chi connectivity index (χ1) is 9.74. The van der Waals surface area contributed by atoms with Crippen LogP contribution < -0.4 is 11.1 Å². The van der Waals surface area contributed by atoms with Crippen molar-refractivity contribution in [3.8, 4) is 0 Å². The molecule has 0 radical (unpaired) electrons. The first-order valence-electron chi connectivity index (χ1n) is 6.84. The molecular weight excluding hydrogens is 248 g/mol. The molecule has 20 heavy (non-hydrogen) atoms. The summed E-state index contributed by atoms with van der Waals surface area (Å²) in [7, 11) is 1.71. The average Bonchev–Trinajstić information content (AvgIpc) is 2.46. The van der Waals surface area contributed by atoms with Gasteiger partial charge in [0.2, 0.25) is 0 Å². The average molecular weight is 270 g/mol. The summed E-state index contributed by atoms with van der Waals surface area (Å²) in [6.07, 6.45) is 0. The third-order valence-corrected chi connectivity index (χ3v) is 3.33. The molecule has 2 rings (SSSR count). The molecule has 0 aliphatic carbocycles. The fourth-order valence-electron chi connectivity index (χ4n) is 2.36. The Labute approximate surface area is 120 Å². The Bertz CT molecular complexity index is 554. The predicted octanol–water partition coefficient (Wildman–Crippen LogP) is 3.25. The third kappa shape index (κ3) is 3.59. The van der Waals surface area contributed by atoms with Crippen molar-refractivity contribution in [2.45, 2.75) is 19.6 Å². The van der Waals surface area contributed by atoms with Gasteiger partial charge in [-0.05, 0) is 35.7 Å². The number of benzene rings is 2. The summed E-state index contributed by atoms with van der Waals surface area (Å²) in [6.45, 7) is 3.22. The quantitative estimate of drug-likeness (QED) is 0.847. The van der Waals surface area contributed by atoms with E-state index < -0.39 is 0 Å². The second kappa shape index (κ2) is 7.08. The largest absolute Gasteiger partial charge is 0.380 e. The van der Waals surface area contributed by atoms with Crippen LogP contribution in [-0.2, 0) is 11.3 Å². The van der Waals surface area contributed by atoms with Crippen molar-refractivity contribution in [1.82, 2.24) is 0 Å². The molecule has 0 aliphatic heterocycles. The monoisotopic (exact) mass is 270 g/mol. The highest BCUT2D eigenvalue weighted by molar-refractivity contribution is 5.48. The molecule has 2 aromatic rings. The van der Waals surface area contributed by atoms with Crippen molar-refractivity contribution in [3.63, 3.8) is 0 Å². The molecule has 0 aromatic heterocycles. The summed E-state index contributed by atoms with van der Waals surface area (Å²) < 4.78 is 5.26. The van der Waals surface area contributed by atoms with E-state index in [1.165, 1.54) is 16.7 Å². The van der Waals surface area contributed by atoms with Crippen LogP contribution >= 0.6 is 0 Å². The van der Waals surface area contributed by atoms with E-state index in [1.54, 1.807) is 7.11 Å². The van der Waals surface area contributed by atoms with Gasteiger partial charge in [0.25, 0.3) is 0 Å². The number of rotatable bonds is 6. The fourth-order valence-corrected chi connectivity index (χ4v) is 2.36. The number of anilines is 1. The van der Waals surface area contributed by atoms with Crippen molar-refractivity contribution < 1.29 is 4.74 Å². The lowest BCUT2D eigenvalue weighted by molar-refractivity contribution is 0.184. The van der Waals surface area contributed by atoms with E-state index >= 15 is 0 Å². The van der Waals surface area contributed by atoms with E-state index in [9.17, 15) is 0 Å². The second-order valence-electron chi connectivity index (χ2n) is 4.93. The number of hydrogen-bond donors (Lipinski definition) is 2. The van der Waals surface area contributed by atoms with Gasteiger partial charge in [0.1, 0.15) is 0 Å². The number of hydrogen-bond acceptors (Lipinski definition) is 3. The Morgan fingerprint density at radius 2 is 1.95 bits per heavy atom. The van der Waals surface area contributed by atoms with Gasteiger partial charge in [-0.15, -0.1) is 0 Å². The second-order valence-corrected chi connectivity index (χ2v) is 4.93. The number of nitrogens with one attached hydrogen (secondary N) is 1. The van der Waals surface area contributed by atoms with Gasteiger partial charge in [0, 0.05) is 19.3 Å². The highest BCUT2D eigenvalue weighted by atomic mass is 16.5. The molecule has 106 valence electrons. The molecule has 2 aromatic carbocycles. The Balaban J connectivity index is 2.24. The van der Waals surface area contributed by atoms with Gasteiger partial charge in [-0.25, -0.2) is 0 Å². The molecule has 0 saturated carbocycles. The van der Waals surface area contributed by atoms with Gasteiger partial charge >= 0.3 is 0 Å². The van der Waals surface area contributed by atoms with Gasteiger partial charge in [-0.2, -0.15) is 0 Å². The highest BCUT2D eigenvalue weighted by Crippen LogP contribution is 2.23. The van der Waals surface area contributed by atoms with Crippen LogP contribution in [0.3, 0.4) is 0 Å². The summed E-state index contributed by atoms with van der Waals surface area (Å²) in [4.78, 5) is 0. The lowest BCUT2D eigenvalue weighted by Crippen LogP contribution is -2.22. The summed E-state index contributed by atoms with van der Waals surface area (Å²) in [5.41, 5.74) is 10.6. The number of nitrogens with two attached hydrogens (primary N) is 1. The Kier molecular flexibility index (Phi) is 5.16. The summed E-state index contributed by atoms with van der Waals surface area (Å²) >= 11 is 0. The zero-order chi connectivity index (χ0) is 14.4. The van der Waals surface area contributed by atoms with Gasteiger partial charge in [-0.3, -0.25) is 0 Å². The van der Waals surface area contributed by atoms with Gasteiger partial charge in [0.15, 0.2) is 0 Å². The maximum absolute atomic E-state index is 5.95. The van der Waals surface area contributed by atoms with Crippen molar-refractivity contribution in [2.24, 2.45) is 5.73 Å². The van der Waals surface area contributed by atoms with Crippen LogP contribution in [0.2, 0.25) is 0 Å². The van der Waals surface area contributed by atoms with Crippen LogP contribution in [0.15, 0.2) is 48.5 Å². The Morgan fingerprint density at radius 1 is 1.15 bits per heavy atom. The van der Waals surface area contributed by atoms with Crippen LogP contribution in [0.5, 0.6) is 0 Å². The molecule has 0 aliphatic rings. The first kappa shape index (κ1) is 14.6. The Morgan fingerprint density at radius 3 is 2.65 bits per heavy atom. The maximum atomic E-state index is 5.95. The molecule has 0 bridgehead atoms. The molecule has 3 nitrogen and oxygen atoms in total. The normalized spacial score (nSPS) is 12.2. The standard InChI is InChI=1S/C17H22N2O/c1-13-6-5-8-15(10-13)19-17(11-18)16-9-4-3-7-14(16)12-20-2/h3-10,17,19H,11-12,18H2,1-2H3. The number of aryl methyl sites for hydroxylation is 1. The molecule has 1 unspecified atom stereocenters.